The molecule has 3 rings (SSSR count). The van der Waals surface area contributed by atoms with Crippen molar-refractivity contribution in [2.45, 2.75) is 42.2 Å². The van der Waals surface area contributed by atoms with E-state index >= 15 is 8.78 Å². The number of halogens is 9. The maximum absolute atomic E-state index is 15.9. The van der Waals surface area contributed by atoms with Gasteiger partial charge >= 0.3 is 23.7 Å². The molecule has 10 heteroatoms. The minimum absolute atomic E-state index is 0.137. The van der Waals surface area contributed by atoms with Gasteiger partial charge in [0.1, 0.15) is 7.26 Å². The van der Waals surface area contributed by atoms with E-state index in [0.29, 0.717) is 0 Å². The highest BCUT2D eigenvalue weighted by Crippen LogP contribution is 2.81. The maximum Gasteiger partial charge on any atom is 0.460 e. The molecule has 0 aromatic heterocycles. The van der Waals surface area contributed by atoms with Crippen molar-refractivity contribution < 1.29 is 39.5 Å². The minimum Gasteiger partial charge on any atom is -0.189 e. The topological polar surface area (TPSA) is 0 Å². The van der Waals surface area contributed by atoms with E-state index < -0.39 is 49.4 Å². The first-order valence-electron chi connectivity index (χ1n) is 10.4. The Balaban J connectivity index is 2.27. The smallest absolute Gasteiger partial charge is 0.189 e. The van der Waals surface area contributed by atoms with E-state index in [0.717, 1.165) is 0 Å². The van der Waals surface area contributed by atoms with Crippen molar-refractivity contribution >= 4 is 7.26 Å². The normalized spacial score (nSPS) is 13.6. The zero-order chi connectivity index (χ0) is 26.0. The second-order valence-electron chi connectivity index (χ2n) is 8.26. The van der Waals surface area contributed by atoms with Crippen molar-refractivity contribution in [1.29, 1.82) is 0 Å². The number of alkyl halides is 9. The molecule has 3 aromatic carbocycles. The molecular formula is C25H21F9P+. The Morgan fingerprint density at radius 1 is 0.429 bits per heavy atom. The summed E-state index contributed by atoms with van der Waals surface area (Å²) < 4.78 is 129. The van der Waals surface area contributed by atoms with Crippen LogP contribution >= 0.6 is 7.26 Å². The van der Waals surface area contributed by atoms with Gasteiger partial charge in [-0.1, -0.05) is 91.0 Å². The summed E-state index contributed by atoms with van der Waals surface area (Å²) in [5, 5.41) is 0. The predicted octanol–water partition coefficient (Wildman–Crippen LogP) is 9.03. The first-order chi connectivity index (χ1) is 16.2. The largest absolute Gasteiger partial charge is 0.460 e. The third-order valence-electron chi connectivity index (χ3n) is 5.71. The lowest BCUT2D eigenvalue weighted by Gasteiger charge is -2.40. The zero-order valence-electron chi connectivity index (χ0n) is 18.1. The fourth-order valence-electron chi connectivity index (χ4n) is 3.93. The van der Waals surface area contributed by atoms with E-state index in [1.54, 1.807) is 18.2 Å². The zero-order valence-corrected chi connectivity index (χ0v) is 19.0. The van der Waals surface area contributed by atoms with Gasteiger partial charge in [-0.3, -0.25) is 0 Å². The third-order valence-corrected chi connectivity index (χ3v) is 10.1. The van der Waals surface area contributed by atoms with Crippen molar-refractivity contribution in [1.82, 2.24) is 0 Å². The van der Waals surface area contributed by atoms with Crippen LogP contribution in [-0.2, 0) is 18.5 Å². The van der Waals surface area contributed by atoms with Crippen molar-refractivity contribution in [3.05, 3.63) is 108 Å². The van der Waals surface area contributed by atoms with Crippen molar-refractivity contribution in [2.24, 2.45) is 0 Å². The number of benzene rings is 3. The Bertz CT molecular complexity index is 981. The standard InChI is InChI=1S/C25H21F9P/c26-22(27,24(30,31)32)23(28,29)25(33,34)35(16-19-10-4-1-5-11-19,17-20-12-6-2-7-13-20)18-21-14-8-3-9-15-21/h1-15H,16-18H2/q+1. The molecule has 0 aliphatic rings. The molecule has 0 spiro atoms. The first kappa shape index (κ1) is 27.1. The number of hydrogen-bond donors (Lipinski definition) is 0. The van der Waals surface area contributed by atoms with Crippen LogP contribution in [0.25, 0.3) is 0 Å². The molecule has 0 amide bonds. The molecule has 0 N–H and O–H groups in total. The highest BCUT2D eigenvalue weighted by molar-refractivity contribution is 7.74. The Morgan fingerprint density at radius 3 is 0.971 bits per heavy atom. The monoisotopic (exact) mass is 523 g/mol. The van der Waals surface area contributed by atoms with Crippen LogP contribution in [0.15, 0.2) is 91.0 Å². The van der Waals surface area contributed by atoms with Crippen LogP contribution in [0.5, 0.6) is 0 Å². The van der Waals surface area contributed by atoms with Crippen molar-refractivity contribution in [3.63, 3.8) is 0 Å². The molecule has 35 heavy (non-hydrogen) atoms. The van der Waals surface area contributed by atoms with Crippen LogP contribution in [0.2, 0.25) is 0 Å². The molecule has 0 aliphatic heterocycles. The first-order valence-corrected chi connectivity index (χ1v) is 12.8. The van der Waals surface area contributed by atoms with Crippen LogP contribution in [0, 0.1) is 0 Å². The fourth-order valence-corrected chi connectivity index (χ4v) is 8.33. The molecule has 0 bridgehead atoms. The summed E-state index contributed by atoms with van der Waals surface area (Å²) in [4.78, 5) is 0. The summed E-state index contributed by atoms with van der Waals surface area (Å²) in [5.74, 6) is -13.6. The van der Waals surface area contributed by atoms with E-state index in [2.05, 4.69) is 0 Å². The van der Waals surface area contributed by atoms with Crippen LogP contribution in [0.3, 0.4) is 0 Å². The van der Waals surface area contributed by atoms with E-state index in [9.17, 15) is 30.7 Å². The molecule has 3 aromatic rings. The second kappa shape index (κ2) is 9.84. The summed E-state index contributed by atoms with van der Waals surface area (Å²) in [5.41, 5.74) is -5.27. The molecular weight excluding hydrogens is 502 g/mol. The highest BCUT2D eigenvalue weighted by atomic mass is 31.2. The lowest BCUT2D eigenvalue weighted by molar-refractivity contribution is -0.382. The molecule has 0 saturated carbocycles. The van der Waals surface area contributed by atoms with Gasteiger partial charge < -0.3 is 0 Å². The molecule has 0 radical (unpaired) electrons. The van der Waals surface area contributed by atoms with Gasteiger partial charge in [0.2, 0.25) is 0 Å². The van der Waals surface area contributed by atoms with Crippen LogP contribution in [0.1, 0.15) is 16.7 Å². The Kier molecular flexibility index (Phi) is 7.61. The summed E-state index contributed by atoms with van der Waals surface area (Å²) in [6.45, 7) is 0. The van der Waals surface area contributed by atoms with Gasteiger partial charge in [-0.2, -0.15) is 39.5 Å². The van der Waals surface area contributed by atoms with Gasteiger partial charge in [0.15, 0.2) is 0 Å². The van der Waals surface area contributed by atoms with Crippen molar-refractivity contribution in [2.75, 3.05) is 0 Å². The van der Waals surface area contributed by atoms with Crippen molar-refractivity contribution in [3.8, 4) is 0 Å². The van der Waals surface area contributed by atoms with Crippen LogP contribution < -0.4 is 0 Å². The predicted molar refractivity (Wildman–Crippen MR) is 118 cm³/mol. The summed E-state index contributed by atoms with van der Waals surface area (Å²) in [6.07, 6.45) is -9.18. The van der Waals surface area contributed by atoms with E-state index in [-0.39, 0.29) is 16.7 Å². The molecule has 0 aliphatic carbocycles. The van der Waals surface area contributed by atoms with Gasteiger partial charge in [0.05, 0.1) is 18.5 Å². The average molecular weight is 523 g/mol. The van der Waals surface area contributed by atoms with E-state index in [4.69, 9.17) is 0 Å². The lowest BCUT2D eigenvalue weighted by atomic mass is 10.1. The van der Waals surface area contributed by atoms with Gasteiger partial charge in [-0.25, -0.2) is 0 Å². The molecule has 0 nitrogen and oxygen atoms in total. The summed E-state index contributed by atoms with van der Waals surface area (Å²) in [7, 11) is -4.72. The molecule has 0 saturated heterocycles. The summed E-state index contributed by atoms with van der Waals surface area (Å²) in [6, 6.07) is 21.5. The minimum atomic E-state index is -6.95. The van der Waals surface area contributed by atoms with E-state index in [1.807, 2.05) is 0 Å². The van der Waals surface area contributed by atoms with Gasteiger partial charge in [-0.05, 0) is 16.7 Å². The highest BCUT2D eigenvalue weighted by Gasteiger charge is 2.88. The molecule has 0 heterocycles. The van der Waals surface area contributed by atoms with Gasteiger partial charge in [0.25, 0.3) is 0 Å². The third kappa shape index (κ3) is 5.20. The SMILES string of the molecule is FC(F)(F)C(F)(F)C(F)(F)C(F)(F)[P+](Cc1ccccc1)(Cc1ccccc1)Cc1ccccc1. The summed E-state index contributed by atoms with van der Waals surface area (Å²) >= 11 is 0. The van der Waals surface area contributed by atoms with Gasteiger partial charge in [0, 0.05) is 0 Å². The second-order valence-corrected chi connectivity index (χ2v) is 12.1. The number of rotatable bonds is 9. The Hall–Kier alpha value is -2.54. The molecule has 188 valence electrons. The Labute approximate surface area is 197 Å². The quantitative estimate of drug-likeness (QED) is 0.194. The van der Waals surface area contributed by atoms with Gasteiger partial charge in [-0.15, -0.1) is 0 Å². The van der Waals surface area contributed by atoms with E-state index in [1.165, 1.54) is 72.8 Å². The molecule has 0 fully saturated rings. The average Bonchev–Trinajstić information content (AvgIpc) is 2.80. The van der Waals surface area contributed by atoms with Crippen LogP contribution in [-0.4, -0.2) is 23.7 Å². The number of hydrogen-bond acceptors (Lipinski definition) is 0. The lowest BCUT2D eigenvalue weighted by Crippen LogP contribution is -2.61. The molecule has 0 unspecified atom stereocenters. The van der Waals surface area contributed by atoms with Crippen LogP contribution in [0.4, 0.5) is 39.5 Å². The fraction of sp³-hybridized carbons (Fsp3) is 0.280. The Morgan fingerprint density at radius 2 is 0.714 bits per heavy atom. The molecule has 0 atom stereocenters. The maximum atomic E-state index is 15.9.